The summed E-state index contributed by atoms with van der Waals surface area (Å²) < 4.78 is 5.19. The molecule has 7 nitrogen and oxygen atoms in total. The van der Waals surface area contributed by atoms with E-state index in [9.17, 15) is 9.59 Å². The lowest BCUT2D eigenvalue weighted by atomic mass is 10.2. The van der Waals surface area contributed by atoms with Crippen LogP contribution in [0.4, 0.5) is 5.95 Å². The highest BCUT2D eigenvalue weighted by Crippen LogP contribution is 2.13. The van der Waals surface area contributed by atoms with Crippen LogP contribution >= 0.6 is 0 Å². The molecule has 2 heterocycles. The van der Waals surface area contributed by atoms with Crippen LogP contribution in [0.5, 0.6) is 0 Å². The van der Waals surface area contributed by atoms with E-state index in [1.165, 1.54) is 6.07 Å². The lowest BCUT2D eigenvalue weighted by Gasteiger charge is -2.12. The predicted molar refractivity (Wildman–Crippen MR) is 94.8 cm³/mol. The number of nitrogens with zero attached hydrogens (tertiary/aromatic N) is 3. The molecule has 0 aliphatic carbocycles. The molecule has 0 radical (unpaired) electrons. The second-order valence-electron chi connectivity index (χ2n) is 5.86. The maximum Gasteiger partial charge on any atom is 0.349 e. The third-order valence-electron chi connectivity index (χ3n) is 3.61. The van der Waals surface area contributed by atoms with E-state index in [4.69, 9.17) is 4.42 Å². The average molecular weight is 338 g/mol. The van der Waals surface area contributed by atoms with Crippen LogP contribution in [0.1, 0.15) is 21.7 Å². The molecule has 25 heavy (non-hydrogen) atoms. The molecule has 0 saturated heterocycles. The molecule has 0 saturated carbocycles. The Balaban J connectivity index is 1.81. The highest BCUT2D eigenvalue weighted by molar-refractivity contribution is 5.96. The van der Waals surface area contributed by atoms with Gasteiger partial charge in [-0.15, -0.1) is 0 Å². The summed E-state index contributed by atoms with van der Waals surface area (Å²) in [6, 6.07) is 10.4. The van der Waals surface area contributed by atoms with Crippen molar-refractivity contribution in [2.24, 2.45) is 0 Å². The number of amides is 1. The number of anilines is 1. The Bertz CT molecular complexity index is 995. The molecule has 7 heteroatoms. The number of rotatable bonds is 4. The average Bonchev–Trinajstić information content (AvgIpc) is 2.58. The number of carbonyl (C=O) groups excluding carboxylic acids is 1. The first-order valence-corrected chi connectivity index (χ1v) is 7.77. The van der Waals surface area contributed by atoms with E-state index in [1.807, 2.05) is 27.1 Å². The number of para-hydroxylation sites is 1. The topological polar surface area (TPSA) is 88.3 Å². The Kier molecular flexibility index (Phi) is 4.47. The van der Waals surface area contributed by atoms with Gasteiger partial charge in [-0.3, -0.25) is 4.79 Å². The molecule has 0 spiro atoms. The van der Waals surface area contributed by atoms with Crippen LogP contribution in [0.3, 0.4) is 0 Å². The largest absolute Gasteiger partial charge is 0.422 e. The smallest absolute Gasteiger partial charge is 0.349 e. The molecule has 0 fully saturated rings. The lowest BCUT2D eigenvalue weighted by Crippen LogP contribution is -2.28. The van der Waals surface area contributed by atoms with Gasteiger partial charge >= 0.3 is 5.63 Å². The van der Waals surface area contributed by atoms with Gasteiger partial charge in [-0.25, -0.2) is 14.8 Å². The summed E-state index contributed by atoms with van der Waals surface area (Å²) in [5.41, 5.74) is 1.22. The molecular weight excluding hydrogens is 320 g/mol. The van der Waals surface area contributed by atoms with E-state index in [-0.39, 0.29) is 12.1 Å². The Labute approximate surface area is 144 Å². The summed E-state index contributed by atoms with van der Waals surface area (Å²) in [6.45, 7) is 2.05. The summed E-state index contributed by atoms with van der Waals surface area (Å²) in [7, 11) is 3.69. The van der Waals surface area contributed by atoms with Gasteiger partial charge in [0, 0.05) is 25.2 Å². The highest BCUT2D eigenvalue weighted by atomic mass is 16.4. The minimum absolute atomic E-state index is 0.0303. The SMILES string of the molecule is Cc1cc(CNC(=O)c2cc3ccccc3oc2=O)nc(N(C)C)n1. The van der Waals surface area contributed by atoms with Crippen molar-refractivity contribution in [1.29, 1.82) is 0 Å². The summed E-state index contributed by atoms with van der Waals surface area (Å²) >= 11 is 0. The number of aryl methyl sites for hydroxylation is 1. The van der Waals surface area contributed by atoms with E-state index >= 15 is 0 Å². The van der Waals surface area contributed by atoms with E-state index in [2.05, 4.69) is 15.3 Å². The van der Waals surface area contributed by atoms with Crippen LogP contribution in [0.25, 0.3) is 11.0 Å². The van der Waals surface area contributed by atoms with Crippen molar-refractivity contribution in [3.8, 4) is 0 Å². The zero-order chi connectivity index (χ0) is 18.0. The van der Waals surface area contributed by atoms with E-state index in [1.54, 1.807) is 29.2 Å². The number of hydrogen-bond donors (Lipinski definition) is 1. The molecule has 3 aromatic rings. The van der Waals surface area contributed by atoms with Gasteiger partial charge in [0.25, 0.3) is 5.91 Å². The summed E-state index contributed by atoms with van der Waals surface area (Å²) in [6.07, 6.45) is 0. The minimum atomic E-state index is -0.663. The summed E-state index contributed by atoms with van der Waals surface area (Å²) in [5, 5.41) is 3.40. The van der Waals surface area contributed by atoms with Crippen molar-refractivity contribution in [2.45, 2.75) is 13.5 Å². The fraction of sp³-hybridized carbons (Fsp3) is 0.222. The number of carbonyl (C=O) groups is 1. The highest BCUT2D eigenvalue weighted by Gasteiger charge is 2.14. The molecule has 1 aromatic carbocycles. The summed E-state index contributed by atoms with van der Waals surface area (Å²) in [5.74, 6) is 0.0663. The molecule has 1 N–H and O–H groups in total. The number of benzene rings is 1. The van der Waals surface area contributed by atoms with E-state index in [0.29, 0.717) is 22.6 Å². The molecule has 0 unspecified atom stereocenters. The van der Waals surface area contributed by atoms with Gasteiger partial charge < -0.3 is 14.6 Å². The van der Waals surface area contributed by atoms with Crippen molar-refractivity contribution >= 4 is 22.8 Å². The molecular formula is C18H18N4O3. The van der Waals surface area contributed by atoms with Gasteiger partial charge in [-0.2, -0.15) is 0 Å². The van der Waals surface area contributed by atoms with Crippen molar-refractivity contribution in [3.63, 3.8) is 0 Å². The maximum atomic E-state index is 12.4. The van der Waals surface area contributed by atoms with Crippen LogP contribution in [0.15, 0.2) is 45.6 Å². The summed E-state index contributed by atoms with van der Waals surface area (Å²) in [4.78, 5) is 34.8. The van der Waals surface area contributed by atoms with Gasteiger partial charge in [0.15, 0.2) is 0 Å². The normalized spacial score (nSPS) is 10.7. The Morgan fingerprint density at radius 1 is 1.20 bits per heavy atom. The second kappa shape index (κ2) is 6.72. The standard InChI is InChI=1S/C18H18N4O3/c1-11-8-13(21-18(20-11)22(2)3)10-19-16(23)14-9-12-6-4-5-7-15(12)25-17(14)24/h4-9H,10H2,1-3H3,(H,19,23). The van der Waals surface area contributed by atoms with Crippen molar-refractivity contribution in [1.82, 2.24) is 15.3 Å². The van der Waals surface area contributed by atoms with Crippen LogP contribution in [0, 0.1) is 6.92 Å². The molecule has 0 aliphatic heterocycles. The number of nitrogens with one attached hydrogen (secondary N) is 1. The van der Waals surface area contributed by atoms with Crippen LogP contribution in [-0.4, -0.2) is 30.0 Å². The third kappa shape index (κ3) is 3.65. The van der Waals surface area contributed by atoms with Gasteiger partial charge in [-0.05, 0) is 25.1 Å². The first kappa shape index (κ1) is 16.6. The van der Waals surface area contributed by atoms with Crippen LogP contribution in [0.2, 0.25) is 0 Å². The van der Waals surface area contributed by atoms with Gasteiger partial charge in [-0.1, -0.05) is 18.2 Å². The molecule has 128 valence electrons. The molecule has 0 bridgehead atoms. The molecule has 0 atom stereocenters. The number of hydrogen-bond acceptors (Lipinski definition) is 6. The van der Waals surface area contributed by atoms with Gasteiger partial charge in [0.2, 0.25) is 5.95 Å². The van der Waals surface area contributed by atoms with Crippen molar-refractivity contribution in [2.75, 3.05) is 19.0 Å². The fourth-order valence-corrected chi connectivity index (χ4v) is 2.39. The first-order chi connectivity index (χ1) is 11.9. The lowest BCUT2D eigenvalue weighted by molar-refractivity contribution is 0.0947. The van der Waals surface area contributed by atoms with E-state index in [0.717, 1.165) is 5.69 Å². The Hall–Kier alpha value is -3.22. The first-order valence-electron chi connectivity index (χ1n) is 7.77. The van der Waals surface area contributed by atoms with Crippen LogP contribution in [-0.2, 0) is 6.54 Å². The van der Waals surface area contributed by atoms with Gasteiger partial charge in [0.05, 0.1) is 12.2 Å². The van der Waals surface area contributed by atoms with Crippen LogP contribution < -0.4 is 15.8 Å². The quantitative estimate of drug-likeness (QED) is 0.731. The zero-order valence-corrected chi connectivity index (χ0v) is 14.2. The monoisotopic (exact) mass is 338 g/mol. The molecule has 0 aliphatic rings. The Morgan fingerprint density at radius 3 is 2.72 bits per heavy atom. The van der Waals surface area contributed by atoms with Crippen molar-refractivity contribution in [3.05, 3.63) is 63.8 Å². The molecule has 1 amide bonds. The Morgan fingerprint density at radius 2 is 1.96 bits per heavy atom. The molecule has 3 rings (SSSR count). The van der Waals surface area contributed by atoms with E-state index < -0.39 is 11.5 Å². The minimum Gasteiger partial charge on any atom is -0.422 e. The van der Waals surface area contributed by atoms with Crippen molar-refractivity contribution < 1.29 is 9.21 Å². The number of fused-ring (bicyclic) bond motifs is 1. The molecule has 2 aromatic heterocycles. The number of aromatic nitrogens is 2. The predicted octanol–water partition coefficient (Wildman–Crippen LogP) is 1.89. The third-order valence-corrected chi connectivity index (χ3v) is 3.61. The second-order valence-corrected chi connectivity index (χ2v) is 5.86. The zero-order valence-electron chi connectivity index (χ0n) is 14.2. The van der Waals surface area contributed by atoms with Gasteiger partial charge in [0.1, 0.15) is 11.1 Å². The fourth-order valence-electron chi connectivity index (χ4n) is 2.39. The maximum absolute atomic E-state index is 12.4.